The minimum atomic E-state index is -1.29. The Balaban J connectivity index is 2.63. The molecule has 0 amide bonds. The van der Waals surface area contributed by atoms with Crippen molar-refractivity contribution in [3.8, 4) is 17.1 Å². The van der Waals surface area contributed by atoms with Crippen molar-refractivity contribution in [2.24, 2.45) is 7.05 Å². The summed E-state index contributed by atoms with van der Waals surface area (Å²) in [7, 11) is 1.49. The third-order valence-electron chi connectivity index (χ3n) is 2.83. The van der Waals surface area contributed by atoms with Gasteiger partial charge < -0.3 is 9.84 Å². The van der Waals surface area contributed by atoms with E-state index in [-0.39, 0.29) is 5.56 Å². The summed E-state index contributed by atoms with van der Waals surface area (Å²) >= 11 is 0. The van der Waals surface area contributed by atoms with Gasteiger partial charge >= 0.3 is 5.97 Å². The second-order valence-electron chi connectivity index (χ2n) is 4.09. The molecule has 0 radical (unpaired) electrons. The van der Waals surface area contributed by atoms with Gasteiger partial charge in [0, 0.05) is 13.2 Å². The first-order valence-electron chi connectivity index (χ1n) is 6.07. The molecule has 0 saturated carbocycles. The lowest BCUT2D eigenvalue weighted by Crippen LogP contribution is -2.26. The fourth-order valence-corrected chi connectivity index (χ4v) is 1.87. The average Bonchev–Trinajstić information content (AvgIpc) is 2.43. The standard InChI is InChI=1S/C14H14N2O4/c1-3-20-11-7-5-4-6-9(11)12-15-8-10(14(18)19)13(17)16(12)2/h4-8H,3H2,1-2H3,(H,18,19). The molecule has 1 aromatic carbocycles. The molecule has 104 valence electrons. The van der Waals surface area contributed by atoms with Crippen molar-refractivity contribution in [3.63, 3.8) is 0 Å². The van der Waals surface area contributed by atoms with Crippen LogP contribution in [0.4, 0.5) is 0 Å². The fourth-order valence-electron chi connectivity index (χ4n) is 1.87. The lowest BCUT2D eigenvalue weighted by Gasteiger charge is -2.12. The van der Waals surface area contributed by atoms with Crippen LogP contribution in [-0.2, 0) is 7.05 Å². The number of carboxylic acid groups (broad SMARTS) is 1. The first-order valence-corrected chi connectivity index (χ1v) is 6.07. The van der Waals surface area contributed by atoms with Crippen molar-refractivity contribution < 1.29 is 14.6 Å². The number of benzene rings is 1. The van der Waals surface area contributed by atoms with Crippen LogP contribution in [0.15, 0.2) is 35.3 Å². The molecule has 2 aromatic rings. The topological polar surface area (TPSA) is 81.4 Å². The van der Waals surface area contributed by atoms with E-state index in [0.29, 0.717) is 23.7 Å². The number of hydrogen-bond donors (Lipinski definition) is 1. The Bertz CT molecular complexity index is 707. The van der Waals surface area contributed by atoms with Gasteiger partial charge in [-0.15, -0.1) is 0 Å². The van der Waals surface area contributed by atoms with Crippen LogP contribution in [0.2, 0.25) is 0 Å². The maximum atomic E-state index is 12.0. The molecule has 0 spiro atoms. The second kappa shape index (κ2) is 5.56. The van der Waals surface area contributed by atoms with Crippen LogP contribution < -0.4 is 10.3 Å². The molecule has 2 rings (SSSR count). The van der Waals surface area contributed by atoms with Crippen molar-refractivity contribution in [2.45, 2.75) is 6.92 Å². The molecule has 1 heterocycles. The van der Waals surface area contributed by atoms with E-state index in [1.54, 1.807) is 18.2 Å². The van der Waals surface area contributed by atoms with E-state index < -0.39 is 11.5 Å². The number of carboxylic acids is 1. The number of rotatable bonds is 4. The van der Waals surface area contributed by atoms with Crippen LogP contribution in [0.5, 0.6) is 5.75 Å². The quantitative estimate of drug-likeness (QED) is 0.914. The number of carbonyl (C=O) groups is 1. The first kappa shape index (κ1) is 13.8. The molecule has 0 aliphatic rings. The SMILES string of the molecule is CCOc1ccccc1-c1ncc(C(=O)O)c(=O)n1C. The fraction of sp³-hybridized carbons (Fsp3) is 0.214. The van der Waals surface area contributed by atoms with Gasteiger partial charge in [0.15, 0.2) is 0 Å². The number of aromatic carboxylic acids is 1. The maximum Gasteiger partial charge on any atom is 0.342 e. The molecule has 0 aliphatic carbocycles. The van der Waals surface area contributed by atoms with Crippen molar-refractivity contribution in [1.82, 2.24) is 9.55 Å². The van der Waals surface area contributed by atoms with Crippen LogP contribution in [0.1, 0.15) is 17.3 Å². The highest BCUT2D eigenvalue weighted by molar-refractivity contribution is 5.87. The first-order chi connectivity index (χ1) is 9.56. The summed E-state index contributed by atoms with van der Waals surface area (Å²) in [6.45, 7) is 2.34. The van der Waals surface area contributed by atoms with Gasteiger partial charge in [-0.1, -0.05) is 12.1 Å². The monoisotopic (exact) mass is 274 g/mol. The molecule has 0 unspecified atom stereocenters. The maximum absolute atomic E-state index is 12.0. The van der Waals surface area contributed by atoms with Crippen molar-refractivity contribution in [3.05, 3.63) is 46.4 Å². The van der Waals surface area contributed by atoms with Crippen molar-refractivity contribution in [2.75, 3.05) is 6.61 Å². The zero-order valence-corrected chi connectivity index (χ0v) is 11.2. The Morgan fingerprint density at radius 3 is 2.75 bits per heavy atom. The van der Waals surface area contributed by atoms with Gasteiger partial charge in [-0.2, -0.15) is 0 Å². The summed E-state index contributed by atoms with van der Waals surface area (Å²) in [5.41, 5.74) is -0.315. The molecule has 0 bridgehead atoms. The Kier molecular flexibility index (Phi) is 3.84. The van der Waals surface area contributed by atoms with Crippen LogP contribution >= 0.6 is 0 Å². The predicted molar refractivity (Wildman–Crippen MR) is 73.0 cm³/mol. The van der Waals surface area contributed by atoms with Crippen LogP contribution in [-0.4, -0.2) is 27.2 Å². The summed E-state index contributed by atoms with van der Waals surface area (Å²) in [5, 5.41) is 8.91. The van der Waals surface area contributed by atoms with Crippen molar-refractivity contribution in [1.29, 1.82) is 0 Å². The highest BCUT2D eigenvalue weighted by Crippen LogP contribution is 2.27. The van der Waals surface area contributed by atoms with Gasteiger partial charge in [0.25, 0.3) is 5.56 Å². The zero-order valence-electron chi connectivity index (χ0n) is 11.2. The molecule has 1 aromatic heterocycles. The van der Waals surface area contributed by atoms with Gasteiger partial charge in [-0.3, -0.25) is 9.36 Å². The van der Waals surface area contributed by atoms with Gasteiger partial charge in [0.2, 0.25) is 0 Å². The minimum absolute atomic E-state index is 0.356. The van der Waals surface area contributed by atoms with E-state index in [9.17, 15) is 9.59 Å². The normalized spacial score (nSPS) is 10.3. The Labute approximate surface area is 115 Å². The lowest BCUT2D eigenvalue weighted by molar-refractivity contribution is 0.0694. The molecule has 0 atom stereocenters. The second-order valence-corrected chi connectivity index (χ2v) is 4.09. The molecule has 1 N–H and O–H groups in total. The van der Waals surface area contributed by atoms with Crippen molar-refractivity contribution >= 4 is 5.97 Å². The van der Waals surface area contributed by atoms with E-state index in [0.717, 1.165) is 6.20 Å². The average molecular weight is 274 g/mol. The zero-order chi connectivity index (χ0) is 14.7. The molecule has 0 aliphatic heterocycles. The number of aromatic nitrogens is 2. The minimum Gasteiger partial charge on any atom is -0.493 e. The summed E-state index contributed by atoms with van der Waals surface area (Å²) in [4.78, 5) is 27.0. The van der Waals surface area contributed by atoms with E-state index in [1.165, 1.54) is 11.6 Å². The van der Waals surface area contributed by atoms with E-state index >= 15 is 0 Å². The van der Waals surface area contributed by atoms with Crippen LogP contribution in [0.3, 0.4) is 0 Å². The third-order valence-corrected chi connectivity index (χ3v) is 2.83. The molecular formula is C14H14N2O4. The third kappa shape index (κ3) is 2.40. The number of ether oxygens (including phenoxy) is 1. The predicted octanol–water partition coefficient (Wildman–Crippen LogP) is 1.54. The number of hydrogen-bond acceptors (Lipinski definition) is 4. The van der Waals surface area contributed by atoms with Gasteiger partial charge in [0.1, 0.15) is 17.1 Å². The largest absolute Gasteiger partial charge is 0.493 e. The number of nitrogens with zero attached hydrogens (tertiary/aromatic N) is 2. The Morgan fingerprint density at radius 1 is 1.40 bits per heavy atom. The highest BCUT2D eigenvalue weighted by Gasteiger charge is 2.16. The molecule has 0 fully saturated rings. The van der Waals surface area contributed by atoms with Gasteiger partial charge in [-0.25, -0.2) is 9.78 Å². The van der Waals surface area contributed by atoms with Gasteiger partial charge in [-0.05, 0) is 19.1 Å². The molecule has 6 nitrogen and oxygen atoms in total. The lowest BCUT2D eigenvalue weighted by atomic mass is 10.1. The number of para-hydroxylation sites is 1. The summed E-state index contributed by atoms with van der Waals surface area (Å²) in [6, 6.07) is 7.16. The summed E-state index contributed by atoms with van der Waals surface area (Å²) < 4.78 is 6.70. The molecule has 20 heavy (non-hydrogen) atoms. The Morgan fingerprint density at radius 2 is 2.10 bits per heavy atom. The van der Waals surface area contributed by atoms with Gasteiger partial charge in [0.05, 0.1) is 12.2 Å². The van der Waals surface area contributed by atoms with E-state index in [4.69, 9.17) is 9.84 Å². The molecule has 6 heteroatoms. The summed E-state index contributed by atoms with van der Waals surface area (Å²) in [6.07, 6.45) is 1.07. The Hall–Kier alpha value is -2.63. The molecular weight excluding hydrogens is 260 g/mol. The smallest absolute Gasteiger partial charge is 0.342 e. The van der Waals surface area contributed by atoms with Crippen LogP contribution in [0, 0.1) is 0 Å². The van der Waals surface area contributed by atoms with E-state index in [1.807, 2.05) is 13.0 Å². The highest BCUT2D eigenvalue weighted by atomic mass is 16.5. The van der Waals surface area contributed by atoms with E-state index in [2.05, 4.69) is 4.98 Å². The molecule has 0 saturated heterocycles. The van der Waals surface area contributed by atoms with Crippen LogP contribution in [0.25, 0.3) is 11.4 Å². The summed E-state index contributed by atoms with van der Waals surface area (Å²) in [5.74, 6) is -0.327.